The second-order valence-corrected chi connectivity index (χ2v) is 7.55. The van der Waals surface area contributed by atoms with Crippen molar-refractivity contribution < 1.29 is 18.4 Å². The number of alkyl halides is 2. The molecular formula is C21H26ClF2N2O2P. The van der Waals surface area contributed by atoms with E-state index in [1.807, 2.05) is 13.0 Å². The van der Waals surface area contributed by atoms with Crippen LogP contribution in [0.4, 0.5) is 8.78 Å². The van der Waals surface area contributed by atoms with Crippen LogP contribution in [0.25, 0.3) is 5.57 Å². The van der Waals surface area contributed by atoms with Gasteiger partial charge in [0.25, 0.3) is 11.6 Å². The van der Waals surface area contributed by atoms with Crippen molar-refractivity contribution in [2.75, 3.05) is 13.6 Å². The molecule has 0 saturated heterocycles. The number of likely N-dealkylation sites (N-methyl/N-ethyl adjacent to an activating group) is 1. The molecule has 2 N–H and O–H groups in total. The molecule has 0 radical (unpaired) electrons. The van der Waals surface area contributed by atoms with Crippen molar-refractivity contribution in [3.8, 4) is 0 Å². The lowest BCUT2D eigenvalue weighted by molar-refractivity contribution is -0.117. The Hall–Kier alpha value is -2.04. The van der Waals surface area contributed by atoms with E-state index in [1.54, 1.807) is 30.3 Å². The third kappa shape index (κ3) is 7.71. The number of carbonyl (C=O) groups excluding carboxylic acids is 2. The van der Waals surface area contributed by atoms with Gasteiger partial charge in [-0.2, -0.15) is 8.78 Å². The largest absolute Gasteiger partial charge is 0.355 e. The Kier molecular flexibility index (Phi) is 9.67. The van der Waals surface area contributed by atoms with Gasteiger partial charge >= 0.3 is 0 Å². The van der Waals surface area contributed by atoms with E-state index in [4.69, 9.17) is 11.6 Å². The topological polar surface area (TPSA) is 58.2 Å². The van der Waals surface area contributed by atoms with E-state index in [2.05, 4.69) is 10.6 Å². The smallest absolute Gasteiger partial charge is 0.280 e. The summed E-state index contributed by atoms with van der Waals surface area (Å²) in [4.78, 5) is 24.6. The summed E-state index contributed by atoms with van der Waals surface area (Å²) in [6.45, 7) is 4.58. The maximum absolute atomic E-state index is 13.4. The van der Waals surface area contributed by atoms with Crippen LogP contribution in [0.15, 0.2) is 53.1 Å². The van der Waals surface area contributed by atoms with Gasteiger partial charge in [-0.15, -0.1) is 0 Å². The fourth-order valence-electron chi connectivity index (χ4n) is 2.41. The van der Waals surface area contributed by atoms with Gasteiger partial charge in [-0.05, 0) is 49.6 Å². The molecule has 2 amide bonds. The number of halogens is 3. The van der Waals surface area contributed by atoms with E-state index in [9.17, 15) is 18.4 Å². The summed E-state index contributed by atoms with van der Waals surface area (Å²) in [5.41, 5.74) is -1.77. The normalized spacial score (nSPS) is 13.7. The van der Waals surface area contributed by atoms with Crippen molar-refractivity contribution in [1.82, 2.24) is 10.6 Å². The van der Waals surface area contributed by atoms with E-state index in [1.165, 1.54) is 30.1 Å². The van der Waals surface area contributed by atoms with Crippen LogP contribution in [-0.2, 0) is 9.59 Å². The highest BCUT2D eigenvalue weighted by molar-refractivity contribution is 7.18. The van der Waals surface area contributed by atoms with Crippen molar-refractivity contribution in [2.24, 2.45) is 0 Å². The molecule has 0 spiro atoms. The summed E-state index contributed by atoms with van der Waals surface area (Å²) in [5.74, 6) is -0.886. The predicted molar refractivity (Wildman–Crippen MR) is 118 cm³/mol. The number of nitrogens with one attached hydrogen (secondary N) is 2. The van der Waals surface area contributed by atoms with Gasteiger partial charge < -0.3 is 10.6 Å². The maximum Gasteiger partial charge on any atom is 0.280 e. The van der Waals surface area contributed by atoms with Gasteiger partial charge in [-0.25, -0.2) is 0 Å². The molecule has 0 aliphatic rings. The summed E-state index contributed by atoms with van der Waals surface area (Å²) in [6, 6.07) is 6.81. The van der Waals surface area contributed by atoms with Gasteiger partial charge in [0.15, 0.2) is 0 Å². The minimum Gasteiger partial charge on any atom is -0.355 e. The Bertz CT molecular complexity index is 841. The fourth-order valence-corrected chi connectivity index (χ4v) is 2.75. The van der Waals surface area contributed by atoms with E-state index in [0.29, 0.717) is 28.2 Å². The summed E-state index contributed by atoms with van der Waals surface area (Å²) < 4.78 is 26.8. The summed E-state index contributed by atoms with van der Waals surface area (Å²) >= 11 is 5.92. The molecule has 0 aromatic heterocycles. The molecule has 158 valence electrons. The van der Waals surface area contributed by atoms with Crippen LogP contribution in [-0.4, -0.2) is 31.1 Å². The first kappa shape index (κ1) is 25.0. The number of allylic oxidation sites excluding steroid dienone is 2. The molecular weight excluding hydrogens is 417 g/mol. The van der Waals surface area contributed by atoms with Crippen molar-refractivity contribution >= 4 is 38.2 Å². The highest BCUT2D eigenvalue weighted by Gasteiger charge is 2.27. The summed E-state index contributed by atoms with van der Waals surface area (Å²) in [6.07, 6.45) is 4.19. The lowest BCUT2D eigenvalue weighted by Gasteiger charge is -2.15. The van der Waals surface area contributed by atoms with Gasteiger partial charge in [-0.3, -0.25) is 9.59 Å². The zero-order valence-electron chi connectivity index (χ0n) is 16.9. The van der Waals surface area contributed by atoms with E-state index in [0.717, 1.165) is 0 Å². The average molecular weight is 443 g/mol. The van der Waals surface area contributed by atoms with Crippen LogP contribution in [0.3, 0.4) is 0 Å². The van der Waals surface area contributed by atoms with Crippen LogP contribution >= 0.6 is 20.8 Å². The minimum atomic E-state index is -3.15. The molecule has 0 bridgehead atoms. The lowest BCUT2D eigenvalue weighted by atomic mass is 10.0. The van der Waals surface area contributed by atoms with Crippen LogP contribution in [0.5, 0.6) is 0 Å². The summed E-state index contributed by atoms with van der Waals surface area (Å²) in [5, 5.41) is 5.78. The molecule has 0 aliphatic carbocycles. The molecule has 1 atom stereocenters. The molecule has 8 heteroatoms. The Morgan fingerprint density at radius 3 is 2.24 bits per heavy atom. The first-order chi connectivity index (χ1) is 13.5. The SMILES string of the molecule is CC/C=C(/C=C(\C(=O)NC)c1ccc(Cl)cc1)CNC(=O)/C(C)=C(\C)C(F)(F)P. The Morgan fingerprint density at radius 1 is 1.17 bits per heavy atom. The van der Waals surface area contributed by atoms with Gasteiger partial charge in [0.1, 0.15) is 0 Å². The second kappa shape index (κ2) is 11.2. The third-order valence-electron chi connectivity index (χ3n) is 4.28. The first-order valence-electron chi connectivity index (χ1n) is 9.02. The van der Waals surface area contributed by atoms with E-state index < -0.39 is 11.6 Å². The molecule has 4 nitrogen and oxygen atoms in total. The minimum absolute atomic E-state index is 0.0472. The molecule has 0 heterocycles. The second-order valence-electron chi connectivity index (χ2n) is 6.39. The molecule has 29 heavy (non-hydrogen) atoms. The third-order valence-corrected chi connectivity index (χ3v) is 4.96. The standard InChI is InChI=1S/C21H26ClF2N2O2P/c1-5-6-15(12-26-19(27)13(2)14(3)21(23,24)29)11-18(20(28)25-4)16-7-9-17(22)10-8-16/h6-11H,5,12,29H2,1-4H3,(H,25,28)(H,26,27)/b14-13+,15-6-,18-11-. The van der Waals surface area contributed by atoms with Crippen molar-refractivity contribution in [2.45, 2.75) is 32.9 Å². The highest BCUT2D eigenvalue weighted by Crippen LogP contribution is 2.32. The molecule has 1 unspecified atom stereocenters. The zero-order chi connectivity index (χ0) is 22.2. The average Bonchev–Trinajstić information content (AvgIpc) is 2.68. The summed E-state index contributed by atoms with van der Waals surface area (Å²) in [7, 11) is 2.95. The van der Waals surface area contributed by atoms with E-state index >= 15 is 0 Å². The zero-order valence-corrected chi connectivity index (χ0v) is 18.8. The number of amides is 2. The first-order valence-corrected chi connectivity index (χ1v) is 9.98. The quantitative estimate of drug-likeness (QED) is 0.347. The molecule has 0 aliphatic heterocycles. The molecule has 1 aromatic carbocycles. The molecule has 1 rings (SSSR count). The van der Waals surface area contributed by atoms with Crippen molar-refractivity contribution in [1.29, 1.82) is 0 Å². The van der Waals surface area contributed by atoms with Gasteiger partial charge in [0, 0.05) is 35.3 Å². The Morgan fingerprint density at radius 2 is 1.76 bits per heavy atom. The molecule has 0 saturated carbocycles. The maximum atomic E-state index is 13.4. The monoisotopic (exact) mass is 442 g/mol. The van der Waals surface area contributed by atoms with Crippen LogP contribution in [0, 0.1) is 0 Å². The number of carbonyl (C=O) groups is 2. The number of hydrogen-bond acceptors (Lipinski definition) is 2. The van der Waals surface area contributed by atoms with Gasteiger partial charge in [-0.1, -0.05) is 46.0 Å². The van der Waals surface area contributed by atoms with Crippen molar-refractivity contribution in [3.63, 3.8) is 0 Å². The van der Waals surface area contributed by atoms with Crippen LogP contribution < -0.4 is 10.6 Å². The molecule has 0 fully saturated rings. The van der Waals surface area contributed by atoms with Gasteiger partial charge in [0.2, 0.25) is 5.91 Å². The van der Waals surface area contributed by atoms with Crippen molar-refractivity contribution in [3.05, 3.63) is 63.7 Å². The Balaban J connectivity index is 3.15. The van der Waals surface area contributed by atoms with Gasteiger partial charge in [0.05, 0.1) is 0 Å². The predicted octanol–water partition coefficient (Wildman–Crippen LogP) is 4.73. The number of hydrogen-bond donors (Lipinski definition) is 2. The van der Waals surface area contributed by atoms with E-state index in [-0.39, 0.29) is 23.6 Å². The number of rotatable bonds is 8. The Labute approximate surface area is 177 Å². The van der Waals surface area contributed by atoms with Crippen LogP contribution in [0.1, 0.15) is 32.8 Å². The number of benzene rings is 1. The highest BCUT2D eigenvalue weighted by atomic mass is 35.5. The fraction of sp³-hybridized carbons (Fsp3) is 0.333. The lowest BCUT2D eigenvalue weighted by Crippen LogP contribution is -2.28. The molecule has 1 aromatic rings. The van der Waals surface area contributed by atoms with Crippen LogP contribution in [0.2, 0.25) is 5.02 Å².